The first kappa shape index (κ1) is 21.3. The molecule has 0 saturated heterocycles. The van der Waals surface area contributed by atoms with E-state index in [9.17, 15) is 17.6 Å². The van der Waals surface area contributed by atoms with Gasteiger partial charge in [-0.05, 0) is 59.2 Å². The van der Waals surface area contributed by atoms with Gasteiger partial charge >= 0.3 is 0 Å². The molecule has 2 atom stereocenters. The second-order valence-electron chi connectivity index (χ2n) is 8.31. The van der Waals surface area contributed by atoms with Gasteiger partial charge < -0.3 is 0 Å². The third kappa shape index (κ3) is 4.50. The lowest BCUT2D eigenvalue weighted by atomic mass is 10.0. The lowest BCUT2D eigenvalue weighted by Gasteiger charge is -2.10. The predicted molar refractivity (Wildman–Crippen MR) is 125 cm³/mol. The molecule has 1 aromatic heterocycles. The Morgan fingerprint density at radius 2 is 1.82 bits per heavy atom. The second kappa shape index (κ2) is 8.41. The number of sulfonamides is 1. The number of hydrogen-bond donors (Lipinski definition) is 1. The van der Waals surface area contributed by atoms with Gasteiger partial charge in [0, 0.05) is 35.8 Å². The van der Waals surface area contributed by atoms with Crippen LogP contribution in [0.2, 0.25) is 0 Å². The SMILES string of the molecule is O=C(Cc1ccc2cnccc2c1)[C@@H]1C[C@H]1c1ccc(F)c(S(=O)(=O)Nc2ccccc2)c1. The molecule has 33 heavy (non-hydrogen) atoms. The maximum absolute atomic E-state index is 14.4. The highest BCUT2D eigenvalue weighted by Crippen LogP contribution is 2.49. The summed E-state index contributed by atoms with van der Waals surface area (Å²) < 4.78 is 42.4. The number of fused-ring (bicyclic) bond motifs is 1. The maximum Gasteiger partial charge on any atom is 0.264 e. The molecule has 5 nitrogen and oxygen atoms in total. The minimum absolute atomic E-state index is 0.101. The maximum atomic E-state index is 14.4. The van der Waals surface area contributed by atoms with Crippen LogP contribution in [0, 0.1) is 11.7 Å². The summed E-state index contributed by atoms with van der Waals surface area (Å²) >= 11 is 0. The number of aromatic nitrogens is 1. The Kier molecular flexibility index (Phi) is 5.42. The van der Waals surface area contributed by atoms with Crippen LogP contribution in [0.4, 0.5) is 10.1 Å². The molecule has 0 bridgehead atoms. The molecule has 1 aliphatic rings. The van der Waals surface area contributed by atoms with Crippen LogP contribution < -0.4 is 4.72 Å². The molecule has 1 N–H and O–H groups in total. The van der Waals surface area contributed by atoms with Gasteiger partial charge in [0.05, 0.1) is 0 Å². The highest BCUT2D eigenvalue weighted by atomic mass is 32.2. The van der Waals surface area contributed by atoms with Crippen molar-refractivity contribution in [3.63, 3.8) is 0 Å². The Balaban J connectivity index is 1.32. The Morgan fingerprint density at radius 3 is 2.64 bits per heavy atom. The van der Waals surface area contributed by atoms with Gasteiger partial charge in [0.25, 0.3) is 10.0 Å². The molecule has 0 aliphatic heterocycles. The summed E-state index contributed by atoms with van der Waals surface area (Å²) in [6.07, 6.45) is 4.44. The molecular formula is C26H21FN2O3S. The highest BCUT2D eigenvalue weighted by molar-refractivity contribution is 7.92. The molecule has 1 aliphatic carbocycles. The monoisotopic (exact) mass is 460 g/mol. The second-order valence-corrected chi connectivity index (χ2v) is 9.96. The van der Waals surface area contributed by atoms with E-state index in [0.717, 1.165) is 22.4 Å². The van der Waals surface area contributed by atoms with E-state index >= 15 is 0 Å². The zero-order valence-electron chi connectivity index (χ0n) is 17.6. The van der Waals surface area contributed by atoms with Gasteiger partial charge in [0.2, 0.25) is 0 Å². The number of carbonyl (C=O) groups is 1. The lowest BCUT2D eigenvalue weighted by molar-refractivity contribution is -0.119. The van der Waals surface area contributed by atoms with E-state index in [2.05, 4.69) is 9.71 Å². The zero-order chi connectivity index (χ0) is 23.0. The van der Waals surface area contributed by atoms with Crippen LogP contribution in [0.5, 0.6) is 0 Å². The Bertz CT molecular complexity index is 1460. The highest BCUT2D eigenvalue weighted by Gasteiger charge is 2.43. The van der Waals surface area contributed by atoms with Crippen molar-refractivity contribution >= 4 is 32.3 Å². The van der Waals surface area contributed by atoms with Gasteiger partial charge in [0.1, 0.15) is 16.5 Å². The smallest absolute Gasteiger partial charge is 0.264 e. The summed E-state index contributed by atoms with van der Waals surface area (Å²) in [6, 6.07) is 20.2. The van der Waals surface area contributed by atoms with Crippen molar-refractivity contribution in [1.29, 1.82) is 0 Å². The van der Waals surface area contributed by atoms with Crippen molar-refractivity contribution < 1.29 is 17.6 Å². The first-order valence-electron chi connectivity index (χ1n) is 10.6. The van der Waals surface area contributed by atoms with E-state index in [1.54, 1.807) is 48.8 Å². The van der Waals surface area contributed by atoms with Crippen LogP contribution in [-0.2, 0) is 21.2 Å². The summed E-state index contributed by atoms with van der Waals surface area (Å²) in [6.45, 7) is 0. The Labute approximate surface area is 191 Å². The standard InChI is InChI=1S/C26H21FN2O3S/c27-24-9-8-19(14-26(24)33(31,32)29-21-4-2-1-3-5-21)22-15-23(22)25(30)13-17-6-7-20-16-28-11-10-18(20)12-17/h1-12,14,16,22-23,29H,13,15H2/t22-,23+/m0/s1. The first-order valence-corrected chi connectivity index (χ1v) is 12.1. The van der Waals surface area contributed by atoms with Gasteiger partial charge in [-0.2, -0.15) is 0 Å². The van der Waals surface area contributed by atoms with Crippen molar-refractivity contribution in [2.45, 2.75) is 23.7 Å². The van der Waals surface area contributed by atoms with Gasteiger partial charge in [-0.15, -0.1) is 0 Å². The fraction of sp³-hybridized carbons (Fsp3) is 0.154. The minimum Gasteiger partial charge on any atom is -0.299 e. The van der Waals surface area contributed by atoms with Crippen molar-refractivity contribution in [1.82, 2.24) is 4.98 Å². The fourth-order valence-electron chi connectivity index (χ4n) is 4.17. The average molecular weight is 461 g/mol. The molecule has 3 aromatic carbocycles. The fourth-order valence-corrected chi connectivity index (χ4v) is 5.34. The van der Waals surface area contributed by atoms with E-state index in [1.165, 1.54) is 6.07 Å². The number of nitrogens with zero attached hydrogens (tertiary/aromatic N) is 1. The largest absolute Gasteiger partial charge is 0.299 e. The zero-order valence-corrected chi connectivity index (χ0v) is 18.4. The third-order valence-electron chi connectivity index (χ3n) is 5.99. The van der Waals surface area contributed by atoms with Gasteiger partial charge in [0.15, 0.2) is 0 Å². The van der Waals surface area contributed by atoms with Crippen molar-refractivity contribution in [3.8, 4) is 0 Å². The number of rotatable bonds is 7. The molecule has 0 amide bonds. The molecule has 0 unspecified atom stereocenters. The van der Waals surface area contributed by atoms with E-state index in [1.807, 2.05) is 24.3 Å². The number of halogens is 1. The van der Waals surface area contributed by atoms with Crippen LogP contribution in [0.25, 0.3) is 10.8 Å². The van der Waals surface area contributed by atoms with Crippen LogP contribution in [0.15, 0.2) is 90.1 Å². The molecule has 166 valence electrons. The van der Waals surface area contributed by atoms with E-state index < -0.39 is 20.7 Å². The van der Waals surface area contributed by atoms with Gasteiger partial charge in [-0.3, -0.25) is 14.5 Å². The summed E-state index contributed by atoms with van der Waals surface area (Å²) in [5.41, 5.74) is 1.94. The molecule has 7 heteroatoms. The van der Waals surface area contributed by atoms with Crippen LogP contribution >= 0.6 is 0 Å². The molecule has 1 heterocycles. The van der Waals surface area contributed by atoms with Crippen LogP contribution in [0.1, 0.15) is 23.5 Å². The molecule has 1 fully saturated rings. The molecule has 5 rings (SSSR count). The van der Waals surface area contributed by atoms with Gasteiger partial charge in [-0.1, -0.05) is 42.5 Å². The van der Waals surface area contributed by atoms with Crippen molar-refractivity contribution in [2.24, 2.45) is 5.92 Å². The minimum atomic E-state index is -4.09. The van der Waals surface area contributed by atoms with Gasteiger partial charge in [-0.25, -0.2) is 12.8 Å². The number of hydrogen-bond acceptors (Lipinski definition) is 4. The summed E-state index contributed by atoms with van der Waals surface area (Å²) in [5.74, 6) is -1.02. The molecule has 0 spiro atoms. The molecular weight excluding hydrogens is 439 g/mol. The quantitative estimate of drug-likeness (QED) is 0.417. The first-order chi connectivity index (χ1) is 15.9. The summed E-state index contributed by atoms with van der Waals surface area (Å²) in [5, 5.41) is 2.05. The third-order valence-corrected chi connectivity index (χ3v) is 7.38. The number of pyridine rings is 1. The van der Waals surface area contributed by atoms with Crippen molar-refractivity contribution in [3.05, 3.63) is 102 Å². The van der Waals surface area contributed by atoms with E-state index in [0.29, 0.717) is 24.1 Å². The number of para-hydroxylation sites is 1. The van der Waals surface area contributed by atoms with E-state index in [-0.39, 0.29) is 17.6 Å². The average Bonchev–Trinajstić information content (AvgIpc) is 3.61. The summed E-state index contributed by atoms with van der Waals surface area (Å²) in [4.78, 5) is 16.6. The molecule has 4 aromatic rings. The number of Topliss-reactive ketones (excluding diaryl/α,β-unsaturated/α-hetero) is 1. The lowest BCUT2D eigenvalue weighted by Crippen LogP contribution is -2.15. The molecule has 0 radical (unpaired) electrons. The van der Waals surface area contributed by atoms with Crippen LogP contribution in [0.3, 0.4) is 0 Å². The number of carbonyl (C=O) groups excluding carboxylic acids is 1. The van der Waals surface area contributed by atoms with Crippen molar-refractivity contribution in [2.75, 3.05) is 4.72 Å². The summed E-state index contributed by atoms with van der Waals surface area (Å²) in [7, 11) is -4.09. The number of benzene rings is 3. The van der Waals surface area contributed by atoms with Crippen LogP contribution in [-0.4, -0.2) is 19.2 Å². The Morgan fingerprint density at radius 1 is 1.00 bits per heavy atom. The normalized spacial score (nSPS) is 17.6. The Hall–Kier alpha value is -3.58. The number of anilines is 1. The number of nitrogens with one attached hydrogen (secondary N) is 1. The molecule has 1 saturated carbocycles. The van der Waals surface area contributed by atoms with E-state index in [4.69, 9.17) is 0 Å². The predicted octanol–water partition coefficient (Wildman–Crippen LogP) is 5.09. The topological polar surface area (TPSA) is 76.1 Å². The number of ketones is 1.